The first-order chi connectivity index (χ1) is 12.0. The lowest BCUT2D eigenvalue weighted by Crippen LogP contribution is -2.33. The number of amides is 1. The summed E-state index contributed by atoms with van der Waals surface area (Å²) in [6.45, 7) is 3.94. The second-order valence-electron chi connectivity index (χ2n) is 6.35. The van der Waals surface area contributed by atoms with Crippen LogP contribution in [0.1, 0.15) is 35.9 Å². The van der Waals surface area contributed by atoms with Crippen molar-refractivity contribution in [1.82, 2.24) is 10.3 Å². The molecule has 0 bridgehead atoms. The molecule has 0 radical (unpaired) electrons. The standard InChI is InChI=1S/C20H19FN2O2/c1-12(2)18(13-7-9-15(21)10-8-13)23-20(25)17-11-14-5-3-4-6-16(14)19(24)22-17/h3-12,18H,1-2H3,(H,22,24)(H,23,25). The summed E-state index contributed by atoms with van der Waals surface area (Å²) in [6, 6.07) is 14.5. The number of rotatable bonds is 4. The first-order valence-electron chi connectivity index (χ1n) is 8.14. The maximum atomic E-state index is 13.1. The van der Waals surface area contributed by atoms with E-state index in [1.165, 1.54) is 12.1 Å². The lowest BCUT2D eigenvalue weighted by molar-refractivity contribution is 0.0920. The number of nitrogens with one attached hydrogen (secondary N) is 2. The quantitative estimate of drug-likeness (QED) is 0.760. The molecule has 25 heavy (non-hydrogen) atoms. The minimum Gasteiger partial charge on any atom is -0.344 e. The fourth-order valence-electron chi connectivity index (χ4n) is 2.86. The van der Waals surface area contributed by atoms with Crippen LogP contribution in [-0.2, 0) is 0 Å². The molecule has 0 saturated heterocycles. The zero-order valence-electron chi connectivity index (χ0n) is 14.0. The Bertz CT molecular complexity index is 961. The summed E-state index contributed by atoms with van der Waals surface area (Å²) >= 11 is 0. The van der Waals surface area contributed by atoms with Gasteiger partial charge in [0.05, 0.1) is 6.04 Å². The van der Waals surface area contributed by atoms with E-state index in [2.05, 4.69) is 10.3 Å². The molecule has 1 unspecified atom stereocenters. The molecular weight excluding hydrogens is 319 g/mol. The molecule has 1 amide bonds. The Morgan fingerprint density at radius 2 is 1.76 bits per heavy atom. The third-order valence-corrected chi connectivity index (χ3v) is 4.18. The number of halogens is 1. The summed E-state index contributed by atoms with van der Waals surface area (Å²) in [5, 5.41) is 4.18. The third kappa shape index (κ3) is 3.60. The Morgan fingerprint density at radius 1 is 1.08 bits per heavy atom. The molecule has 4 nitrogen and oxygen atoms in total. The van der Waals surface area contributed by atoms with Gasteiger partial charge in [-0.05, 0) is 41.1 Å². The van der Waals surface area contributed by atoms with Crippen molar-refractivity contribution in [2.75, 3.05) is 0 Å². The average molecular weight is 338 g/mol. The Balaban J connectivity index is 1.91. The van der Waals surface area contributed by atoms with Crippen molar-refractivity contribution in [1.29, 1.82) is 0 Å². The van der Waals surface area contributed by atoms with Crippen LogP contribution < -0.4 is 10.9 Å². The van der Waals surface area contributed by atoms with Crippen LogP contribution in [-0.4, -0.2) is 10.9 Å². The molecule has 128 valence electrons. The number of benzene rings is 2. The monoisotopic (exact) mass is 338 g/mol. The summed E-state index contributed by atoms with van der Waals surface area (Å²) < 4.78 is 13.1. The predicted octanol–water partition coefficient (Wildman–Crippen LogP) is 3.79. The van der Waals surface area contributed by atoms with E-state index in [0.29, 0.717) is 10.8 Å². The molecule has 1 aromatic heterocycles. The van der Waals surface area contributed by atoms with Crippen LogP contribution in [0.15, 0.2) is 59.4 Å². The van der Waals surface area contributed by atoms with E-state index in [4.69, 9.17) is 0 Å². The van der Waals surface area contributed by atoms with Crippen LogP contribution in [0.3, 0.4) is 0 Å². The summed E-state index contributed by atoms with van der Waals surface area (Å²) in [5.41, 5.74) is 0.718. The van der Waals surface area contributed by atoms with Gasteiger partial charge in [-0.2, -0.15) is 0 Å². The lowest BCUT2D eigenvalue weighted by atomic mass is 9.96. The van der Waals surface area contributed by atoms with Gasteiger partial charge in [0, 0.05) is 5.39 Å². The van der Waals surface area contributed by atoms with Gasteiger partial charge in [0.1, 0.15) is 11.5 Å². The fraction of sp³-hybridized carbons (Fsp3) is 0.200. The number of carbonyl (C=O) groups excluding carboxylic acids is 1. The SMILES string of the molecule is CC(C)C(NC(=O)c1cc2ccccc2c(=O)[nH]1)c1ccc(F)cc1. The number of aromatic amines is 1. The van der Waals surface area contributed by atoms with Crippen molar-refractivity contribution in [3.05, 3.63) is 82.0 Å². The minimum absolute atomic E-state index is 0.0987. The van der Waals surface area contributed by atoms with Crippen molar-refractivity contribution < 1.29 is 9.18 Å². The van der Waals surface area contributed by atoms with Crippen LogP contribution in [0, 0.1) is 11.7 Å². The molecule has 3 aromatic rings. The van der Waals surface area contributed by atoms with Crippen LogP contribution >= 0.6 is 0 Å². The van der Waals surface area contributed by atoms with Gasteiger partial charge in [0.25, 0.3) is 11.5 Å². The Kier molecular flexibility index (Phi) is 4.65. The van der Waals surface area contributed by atoms with E-state index < -0.39 is 0 Å². The van der Waals surface area contributed by atoms with E-state index >= 15 is 0 Å². The zero-order valence-corrected chi connectivity index (χ0v) is 14.0. The van der Waals surface area contributed by atoms with Gasteiger partial charge in [0.15, 0.2) is 0 Å². The molecule has 0 saturated carbocycles. The van der Waals surface area contributed by atoms with Crippen LogP contribution in [0.2, 0.25) is 0 Å². The molecule has 0 aliphatic carbocycles. The smallest absolute Gasteiger partial charge is 0.268 e. The van der Waals surface area contributed by atoms with E-state index in [1.54, 1.807) is 36.4 Å². The van der Waals surface area contributed by atoms with Crippen molar-refractivity contribution in [2.24, 2.45) is 5.92 Å². The third-order valence-electron chi connectivity index (χ3n) is 4.18. The van der Waals surface area contributed by atoms with Crippen LogP contribution in [0.25, 0.3) is 10.8 Å². The molecule has 2 aromatic carbocycles. The number of carbonyl (C=O) groups is 1. The number of hydrogen-bond donors (Lipinski definition) is 2. The molecule has 0 aliphatic rings. The van der Waals surface area contributed by atoms with Crippen LogP contribution in [0.5, 0.6) is 0 Å². The lowest BCUT2D eigenvalue weighted by Gasteiger charge is -2.23. The Hall–Kier alpha value is -2.95. The number of aromatic nitrogens is 1. The number of pyridine rings is 1. The van der Waals surface area contributed by atoms with Gasteiger partial charge < -0.3 is 10.3 Å². The first-order valence-corrected chi connectivity index (χ1v) is 8.14. The van der Waals surface area contributed by atoms with E-state index in [9.17, 15) is 14.0 Å². The van der Waals surface area contributed by atoms with Crippen LogP contribution in [0.4, 0.5) is 4.39 Å². The molecule has 0 aliphatic heterocycles. The molecule has 0 spiro atoms. The second-order valence-corrected chi connectivity index (χ2v) is 6.35. The van der Waals surface area contributed by atoms with Crippen molar-refractivity contribution in [2.45, 2.75) is 19.9 Å². The van der Waals surface area contributed by atoms with Crippen molar-refractivity contribution in [3.63, 3.8) is 0 Å². The maximum absolute atomic E-state index is 13.1. The summed E-state index contributed by atoms with van der Waals surface area (Å²) in [6.07, 6.45) is 0. The minimum atomic E-state index is -0.370. The Labute approximate surface area is 144 Å². The van der Waals surface area contributed by atoms with Crippen molar-refractivity contribution >= 4 is 16.7 Å². The largest absolute Gasteiger partial charge is 0.344 e. The van der Waals surface area contributed by atoms with Crippen molar-refractivity contribution in [3.8, 4) is 0 Å². The number of fused-ring (bicyclic) bond motifs is 1. The highest BCUT2D eigenvalue weighted by atomic mass is 19.1. The van der Waals surface area contributed by atoms with Gasteiger partial charge in [0.2, 0.25) is 0 Å². The first kappa shape index (κ1) is 16.9. The topological polar surface area (TPSA) is 62.0 Å². The predicted molar refractivity (Wildman–Crippen MR) is 96.0 cm³/mol. The fourth-order valence-corrected chi connectivity index (χ4v) is 2.86. The van der Waals surface area contributed by atoms with Gasteiger partial charge >= 0.3 is 0 Å². The number of hydrogen-bond acceptors (Lipinski definition) is 2. The molecule has 5 heteroatoms. The highest BCUT2D eigenvalue weighted by molar-refractivity contribution is 5.96. The highest BCUT2D eigenvalue weighted by Crippen LogP contribution is 2.22. The molecule has 1 atom stereocenters. The molecule has 2 N–H and O–H groups in total. The van der Waals surface area contributed by atoms with E-state index in [1.807, 2.05) is 19.9 Å². The van der Waals surface area contributed by atoms with Gasteiger partial charge in [-0.25, -0.2) is 4.39 Å². The normalized spacial score (nSPS) is 12.3. The maximum Gasteiger partial charge on any atom is 0.268 e. The highest BCUT2D eigenvalue weighted by Gasteiger charge is 2.20. The summed E-state index contributed by atoms with van der Waals surface area (Å²) in [7, 11) is 0. The second kappa shape index (κ2) is 6.89. The average Bonchev–Trinajstić information content (AvgIpc) is 2.60. The van der Waals surface area contributed by atoms with Gasteiger partial charge in [-0.3, -0.25) is 9.59 Å². The molecule has 1 heterocycles. The van der Waals surface area contributed by atoms with E-state index in [-0.39, 0.29) is 34.9 Å². The number of H-pyrrole nitrogens is 1. The van der Waals surface area contributed by atoms with Gasteiger partial charge in [-0.15, -0.1) is 0 Å². The van der Waals surface area contributed by atoms with E-state index in [0.717, 1.165) is 5.56 Å². The molecule has 3 rings (SSSR count). The molecular formula is C20H19FN2O2. The Morgan fingerprint density at radius 3 is 2.44 bits per heavy atom. The summed E-state index contributed by atoms with van der Waals surface area (Å²) in [4.78, 5) is 27.4. The molecule has 0 fully saturated rings. The summed E-state index contributed by atoms with van der Waals surface area (Å²) in [5.74, 6) is -0.594. The zero-order chi connectivity index (χ0) is 18.0. The van der Waals surface area contributed by atoms with Gasteiger partial charge in [-0.1, -0.05) is 44.2 Å².